The summed E-state index contributed by atoms with van der Waals surface area (Å²) >= 11 is 1.36. The molecular formula is C23H17N3O3S. The zero-order valence-electron chi connectivity index (χ0n) is 16.1. The van der Waals surface area contributed by atoms with Crippen LogP contribution >= 0.6 is 11.3 Å². The van der Waals surface area contributed by atoms with Gasteiger partial charge in [-0.3, -0.25) is 0 Å². The van der Waals surface area contributed by atoms with E-state index < -0.39 is 5.97 Å². The highest BCUT2D eigenvalue weighted by atomic mass is 32.1. The number of benzene rings is 2. The Labute approximate surface area is 175 Å². The van der Waals surface area contributed by atoms with Crippen LogP contribution in [0.25, 0.3) is 42.9 Å². The number of fused-ring (bicyclic) bond motifs is 3. The Morgan fingerprint density at radius 3 is 2.37 bits per heavy atom. The number of ether oxygens (including phenoxy) is 1. The largest absolute Gasteiger partial charge is 0.460 e. The molecule has 148 valence electrons. The maximum absolute atomic E-state index is 12.3. The molecule has 0 saturated heterocycles. The van der Waals surface area contributed by atoms with E-state index in [1.165, 1.54) is 11.3 Å². The average Bonchev–Trinajstić information content (AvgIpc) is 3.31. The zero-order chi connectivity index (χ0) is 20.7. The van der Waals surface area contributed by atoms with Crippen LogP contribution in [0.2, 0.25) is 0 Å². The number of hydrogen-bond acceptors (Lipinski definition) is 7. The summed E-state index contributed by atoms with van der Waals surface area (Å²) in [6.07, 6.45) is 0. The molecular weight excluding hydrogens is 398 g/mol. The minimum absolute atomic E-state index is 0.0251. The van der Waals surface area contributed by atoms with E-state index in [1.54, 1.807) is 6.92 Å². The number of carbonyl (C=O) groups excluding carboxylic acids is 1. The number of aromatic nitrogens is 2. The molecule has 3 aromatic heterocycles. The lowest BCUT2D eigenvalue weighted by molar-refractivity contribution is 0.0494. The number of carbonyl (C=O) groups is 1. The van der Waals surface area contributed by atoms with Crippen molar-refractivity contribution in [2.45, 2.75) is 6.92 Å². The van der Waals surface area contributed by atoms with Crippen LogP contribution < -0.4 is 5.73 Å². The number of nitrogen functional groups attached to an aromatic ring is 1. The quantitative estimate of drug-likeness (QED) is 0.388. The van der Waals surface area contributed by atoms with Crippen LogP contribution in [0.5, 0.6) is 0 Å². The maximum Gasteiger partial charge on any atom is 0.376 e. The van der Waals surface area contributed by atoms with Gasteiger partial charge >= 0.3 is 5.97 Å². The van der Waals surface area contributed by atoms with E-state index in [-0.39, 0.29) is 18.1 Å². The molecule has 0 aliphatic heterocycles. The summed E-state index contributed by atoms with van der Waals surface area (Å²) in [6.45, 7) is 1.98. The van der Waals surface area contributed by atoms with Crippen LogP contribution in [0.1, 0.15) is 17.5 Å². The Bertz CT molecular complexity index is 1380. The van der Waals surface area contributed by atoms with Crippen LogP contribution in [0, 0.1) is 0 Å². The number of esters is 1. The Morgan fingerprint density at radius 2 is 1.70 bits per heavy atom. The van der Waals surface area contributed by atoms with Gasteiger partial charge in [0.1, 0.15) is 11.4 Å². The van der Waals surface area contributed by atoms with Crippen LogP contribution in [-0.2, 0) is 4.74 Å². The molecule has 0 fully saturated rings. The normalized spacial score (nSPS) is 11.2. The Hall–Kier alpha value is -3.71. The third-order valence-electron chi connectivity index (χ3n) is 4.84. The number of thiophene rings is 1. The Balaban J connectivity index is 1.88. The van der Waals surface area contributed by atoms with Gasteiger partial charge in [0.2, 0.25) is 5.76 Å². The average molecular weight is 415 g/mol. The van der Waals surface area contributed by atoms with Crippen LogP contribution in [-0.4, -0.2) is 22.8 Å². The number of anilines is 1. The fraction of sp³-hybridized carbons (Fsp3) is 0.0870. The van der Waals surface area contributed by atoms with Crippen LogP contribution in [0.15, 0.2) is 65.1 Å². The van der Waals surface area contributed by atoms with Gasteiger partial charge in [-0.2, -0.15) is 0 Å². The summed E-state index contributed by atoms with van der Waals surface area (Å²) in [5.74, 6) is -0.546. The van der Waals surface area contributed by atoms with Gasteiger partial charge in [-0.1, -0.05) is 60.7 Å². The van der Waals surface area contributed by atoms with E-state index in [4.69, 9.17) is 14.9 Å². The third kappa shape index (κ3) is 2.83. The van der Waals surface area contributed by atoms with Gasteiger partial charge in [0, 0.05) is 11.1 Å². The van der Waals surface area contributed by atoms with Crippen molar-refractivity contribution in [3.63, 3.8) is 0 Å². The predicted molar refractivity (Wildman–Crippen MR) is 118 cm³/mol. The summed E-state index contributed by atoms with van der Waals surface area (Å²) in [5.41, 5.74) is 10.6. The second kappa shape index (κ2) is 7.27. The van der Waals surface area contributed by atoms with Crippen molar-refractivity contribution < 1.29 is 13.9 Å². The molecule has 0 bridgehead atoms. The SMILES string of the molecule is CCOC(=O)c1oc2c(sc3nnc(-c4ccccc4)c(-c4ccccc4)c32)c1N. The van der Waals surface area contributed by atoms with Gasteiger partial charge in [0.15, 0.2) is 10.4 Å². The van der Waals surface area contributed by atoms with Crippen molar-refractivity contribution in [2.24, 2.45) is 0 Å². The van der Waals surface area contributed by atoms with Crippen LogP contribution in [0.4, 0.5) is 5.69 Å². The minimum atomic E-state index is -0.571. The molecule has 5 aromatic rings. The molecule has 0 atom stereocenters. The number of hydrogen-bond donors (Lipinski definition) is 1. The molecule has 0 spiro atoms. The van der Waals surface area contributed by atoms with E-state index in [0.717, 1.165) is 27.8 Å². The van der Waals surface area contributed by atoms with Gasteiger partial charge in [0.25, 0.3) is 0 Å². The highest BCUT2D eigenvalue weighted by molar-refractivity contribution is 7.26. The molecule has 2 aromatic carbocycles. The maximum atomic E-state index is 12.3. The predicted octanol–water partition coefficient (Wildman–Crippen LogP) is 5.53. The summed E-state index contributed by atoms with van der Waals surface area (Å²) in [5, 5.41) is 9.76. The van der Waals surface area contributed by atoms with E-state index in [1.807, 2.05) is 60.7 Å². The van der Waals surface area contributed by atoms with Crippen molar-refractivity contribution in [2.75, 3.05) is 12.3 Å². The Morgan fingerprint density at radius 1 is 1.03 bits per heavy atom. The smallest absolute Gasteiger partial charge is 0.376 e. The molecule has 0 radical (unpaired) electrons. The molecule has 3 heterocycles. The molecule has 0 aliphatic carbocycles. The van der Waals surface area contributed by atoms with Gasteiger partial charge < -0.3 is 14.9 Å². The molecule has 0 amide bonds. The first kappa shape index (κ1) is 18.3. The molecule has 2 N–H and O–H groups in total. The number of nitrogens with zero attached hydrogens (tertiary/aromatic N) is 2. The molecule has 30 heavy (non-hydrogen) atoms. The molecule has 0 saturated carbocycles. The first-order valence-electron chi connectivity index (χ1n) is 9.48. The summed E-state index contributed by atoms with van der Waals surface area (Å²) in [4.78, 5) is 13.0. The lowest BCUT2D eigenvalue weighted by Crippen LogP contribution is -2.05. The number of rotatable bonds is 4. The van der Waals surface area contributed by atoms with Gasteiger partial charge in [-0.05, 0) is 12.5 Å². The number of furan rings is 1. The molecule has 0 unspecified atom stereocenters. The molecule has 5 rings (SSSR count). The van der Waals surface area contributed by atoms with E-state index in [9.17, 15) is 4.79 Å². The van der Waals surface area contributed by atoms with Crippen molar-refractivity contribution in [3.8, 4) is 22.4 Å². The first-order chi connectivity index (χ1) is 14.7. The summed E-state index contributed by atoms with van der Waals surface area (Å²) < 4.78 is 11.7. The second-order valence-corrected chi connectivity index (χ2v) is 7.66. The van der Waals surface area contributed by atoms with Crippen molar-refractivity contribution in [3.05, 3.63) is 66.4 Å². The molecule has 6 nitrogen and oxygen atoms in total. The highest BCUT2D eigenvalue weighted by Gasteiger charge is 2.27. The number of nitrogens with two attached hydrogens (primary N) is 1. The van der Waals surface area contributed by atoms with Crippen molar-refractivity contribution in [1.82, 2.24) is 10.2 Å². The zero-order valence-corrected chi connectivity index (χ0v) is 16.9. The van der Waals surface area contributed by atoms with Crippen LogP contribution in [0.3, 0.4) is 0 Å². The van der Waals surface area contributed by atoms with Crippen molar-refractivity contribution in [1.29, 1.82) is 0 Å². The van der Waals surface area contributed by atoms with Gasteiger partial charge in [-0.15, -0.1) is 21.5 Å². The summed E-state index contributed by atoms with van der Waals surface area (Å²) in [7, 11) is 0. The van der Waals surface area contributed by atoms with Gasteiger partial charge in [0.05, 0.1) is 16.7 Å². The fourth-order valence-corrected chi connectivity index (χ4v) is 4.54. The lowest BCUT2D eigenvalue weighted by atomic mass is 9.97. The van der Waals surface area contributed by atoms with E-state index >= 15 is 0 Å². The lowest BCUT2D eigenvalue weighted by Gasteiger charge is -2.10. The highest BCUT2D eigenvalue weighted by Crippen LogP contribution is 2.46. The topological polar surface area (TPSA) is 91.2 Å². The first-order valence-corrected chi connectivity index (χ1v) is 10.3. The minimum Gasteiger partial charge on any atom is -0.460 e. The molecule has 7 heteroatoms. The third-order valence-corrected chi connectivity index (χ3v) is 5.93. The Kier molecular flexibility index (Phi) is 4.44. The van der Waals surface area contributed by atoms with Crippen molar-refractivity contribution >= 4 is 43.5 Å². The second-order valence-electron chi connectivity index (χ2n) is 6.66. The van der Waals surface area contributed by atoms with E-state index in [0.29, 0.717) is 15.1 Å². The standard InChI is InChI=1S/C23H17N3O3S/c1-2-28-23(27)20-17(24)21-19(29-20)16-15(13-9-5-3-6-10-13)18(25-26-22(16)30-21)14-11-7-4-8-12-14/h3-12H,2,24H2,1H3. The fourth-order valence-electron chi connectivity index (χ4n) is 3.53. The van der Waals surface area contributed by atoms with E-state index in [2.05, 4.69) is 10.2 Å². The molecule has 0 aliphatic rings. The van der Waals surface area contributed by atoms with Gasteiger partial charge in [-0.25, -0.2) is 4.79 Å². The summed E-state index contributed by atoms with van der Waals surface area (Å²) in [6, 6.07) is 19.8. The monoisotopic (exact) mass is 415 g/mol.